The molecule has 0 amide bonds. The smallest absolute Gasteiger partial charge is 0.00706 e. The summed E-state index contributed by atoms with van der Waals surface area (Å²) >= 11 is 0. The van der Waals surface area contributed by atoms with Gasteiger partial charge in [-0.05, 0) is 26.2 Å². The lowest BCUT2D eigenvalue weighted by Crippen LogP contribution is -2.26. The Morgan fingerprint density at radius 3 is 2.62 bits per heavy atom. The third kappa shape index (κ3) is 1.83. The Labute approximate surface area is 51.5 Å². The minimum absolute atomic E-state index is 0.738. The topological polar surface area (TPSA) is 12.0 Å². The molecule has 1 saturated carbocycles. The summed E-state index contributed by atoms with van der Waals surface area (Å²) in [5, 5.41) is 3.50. The van der Waals surface area contributed by atoms with Gasteiger partial charge in [0, 0.05) is 12.1 Å². The minimum atomic E-state index is 0.738. The highest BCUT2D eigenvalue weighted by Crippen LogP contribution is 2.19. The third-order valence-corrected chi connectivity index (χ3v) is 1.71. The van der Waals surface area contributed by atoms with Gasteiger partial charge in [-0.25, -0.2) is 0 Å². The predicted molar refractivity (Wildman–Crippen MR) is 35.9 cm³/mol. The maximum atomic E-state index is 3.50. The molecule has 1 N–H and O–H groups in total. The molecule has 0 radical (unpaired) electrons. The molecular formula is C7H15N. The summed E-state index contributed by atoms with van der Waals surface area (Å²) in [6.45, 7) is 4.47. The van der Waals surface area contributed by atoms with Crippen LogP contribution in [0.4, 0.5) is 0 Å². The van der Waals surface area contributed by atoms with Crippen LogP contribution >= 0.6 is 0 Å². The van der Waals surface area contributed by atoms with Crippen molar-refractivity contribution in [2.45, 2.75) is 45.2 Å². The molecule has 0 aromatic rings. The predicted octanol–water partition coefficient (Wildman–Crippen LogP) is 1.54. The summed E-state index contributed by atoms with van der Waals surface area (Å²) in [5.74, 6) is 0. The first kappa shape index (κ1) is 6.09. The van der Waals surface area contributed by atoms with Crippen LogP contribution in [-0.2, 0) is 0 Å². The van der Waals surface area contributed by atoms with Gasteiger partial charge in [-0.1, -0.05) is 6.92 Å². The van der Waals surface area contributed by atoms with Crippen molar-refractivity contribution in [1.82, 2.24) is 5.32 Å². The fraction of sp³-hybridized carbons (Fsp3) is 1.00. The van der Waals surface area contributed by atoms with E-state index in [1.807, 2.05) is 0 Å². The van der Waals surface area contributed by atoms with E-state index in [0.717, 1.165) is 12.1 Å². The van der Waals surface area contributed by atoms with Gasteiger partial charge in [-0.15, -0.1) is 0 Å². The highest BCUT2D eigenvalue weighted by atomic mass is 15.0. The maximum Gasteiger partial charge on any atom is 0.00706 e. The molecule has 0 unspecified atom stereocenters. The van der Waals surface area contributed by atoms with E-state index in [0.29, 0.717) is 0 Å². The van der Waals surface area contributed by atoms with Gasteiger partial charge in [0.15, 0.2) is 0 Å². The molecule has 0 saturated heterocycles. The summed E-state index contributed by atoms with van der Waals surface area (Å²) in [6, 6.07) is 1.62. The van der Waals surface area contributed by atoms with Gasteiger partial charge in [-0.2, -0.15) is 0 Å². The Balaban J connectivity index is 1.98. The molecule has 8 heavy (non-hydrogen) atoms. The fourth-order valence-corrected chi connectivity index (χ4v) is 0.770. The summed E-state index contributed by atoms with van der Waals surface area (Å²) in [5.41, 5.74) is 0. The molecule has 1 fully saturated rings. The van der Waals surface area contributed by atoms with E-state index in [2.05, 4.69) is 19.2 Å². The van der Waals surface area contributed by atoms with E-state index in [-0.39, 0.29) is 0 Å². The first-order valence-corrected chi connectivity index (χ1v) is 3.59. The Bertz CT molecular complexity index is 66.8. The monoisotopic (exact) mass is 113 g/mol. The second-order valence-corrected chi connectivity index (χ2v) is 2.75. The van der Waals surface area contributed by atoms with Crippen LogP contribution < -0.4 is 5.32 Å². The quantitative estimate of drug-likeness (QED) is 0.585. The van der Waals surface area contributed by atoms with Crippen LogP contribution in [0.25, 0.3) is 0 Å². The van der Waals surface area contributed by atoms with Crippen LogP contribution in [0.5, 0.6) is 0 Å². The Hall–Kier alpha value is -0.0400. The second kappa shape index (κ2) is 2.49. The summed E-state index contributed by atoms with van der Waals surface area (Å²) < 4.78 is 0. The van der Waals surface area contributed by atoms with Crippen LogP contribution in [0.15, 0.2) is 0 Å². The average molecular weight is 113 g/mol. The van der Waals surface area contributed by atoms with E-state index in [4.69, 9.17) is 0 Å². The van der Waals surface area contributed by atoms with Crippen LogP contribution in [0.3, 0.4) is 0 Å². The van der Waals surface area contributed by atoms with Gasteiger partial charge in [0.2, 0.25) is 0 Å². The molecular weight excluding hydrogens is 98.1 g/mol. The first-order chi connectivity index (χ1) is 3.83. The normalized spacial score (nSPS) is 23.2. The zero-order valence-electron chi connectivity index (χ0n) is 5.78. The van der Waals surface area contributed by atoms with Crippen LogP contribution in [0.2, 0.25) is 0 Å². The van der Waals surface area contributed by atoms with Crippen molar-refractivity contribution in [3.05, 3.63) is 0 Å². The van der Waals surface area contributed by atoms with Gasteiger partial charge in [0.05, 0.1) is 0 Å². The lowest BCUT2D eigenvalue weighted by Gasteiger charge is -2.08. The Morgan fingerprint density at radius 1 is 1.62 bits per heavy atom. The van der Waals surface area contributed by atoms with Crippen LogP contribution in [0, 0.1) is 0 Å². The second-order valence-electron chi connectivity index (χ2n) is 2.75. The van der Waals surface area contributed by atoms with E-state index in [9.17, 15) is 0 Å². The number of rotatable bonds is 3. The van der Waals surface area contributed by atoms with E-state index >= 15 is 0 Å². The molecule has 48 valence electrons. The van der Waals surface area contributed by atoms with Crippen LogP contribution in [0.1, 0.15) is 33.1 Å². The molecule has 0 spiro atoms. The molecule has 1 heteroatoms. The molecule has 0 aromatic carbocycles. The van der Waals surface area contributed by atoms with E-state index in [1.54, 1.807) is 0 Å². The molecule has 0 aliphatic heterocycles. The van der Waals surface area contributed by atoms with Crippen LogP contribution in [-0.4, -0.2) is 12.1 Å². The van der Waals surface area contributed by atoms with Crippen molar-refractivity contribution in [1.29, 1.82) is 0 Å². The zero-order chi connectivity index (χ0) is 5.98. The van der Waals surface area contributed by atoms with E-state index < -0.39 is 0 Å². The van der Waals surface area contributed by atoms with Crippen molar-refractivity contribution in [2.24, 2.45) is 0 Å². The highest BCUT2D eigenvalue weighted by molar-refractivity contribution is 4.82. The standard InChI is InChI=1S/C7H15N/c1-3-6(2)8-7-4-5-7/h6-8H,3-5H2,1-2H3/t6-/m0/s1. The van der Waals surface area contributed by atoms with Crippen molar-refractivity contribution in [3.63, 3.8) is 0 Å². The number of hydrogen-bond acceptors (Lipinski definition) is 1. The number of hydrogen-bond donors (Lipinski definition) is 1. The maximum absolute atomic E-state index is 3.50. The summed E-state index contributed by atoms with van der Waals surface area (Å²) in [4.78, 5) is 0. The summed E-state index contributed by atoms with van der Waals surface area (Å²) in [7, 11) is 0. The lowest BCUT2D eigenvalue weighted by atomic mass is 10.2. The molecule has 1 aliphatic carbocycles. The minimum Gasteiger partial charge on any atom is -0.312 e. The molecule has 1 rings (SSSR count). The van der Waals surface area contributed by atoms with Gasteiger partial charge >= 0.3 is 0 Å². The van der Waals surface area contributed by atoms with E-state index in [1.165, 1.54) is 19.3 Å². The number of nitrogens with one attached hydrogen (secondary N) is 1. The molecule has 1 atom stereocenters. The molecule has 1 nitrogen and oxygen atoms in total. The highest BCUT2D eigenvalue weighted by Gasteiger charge is 2.21. The third-order valence-electron chi connectivity index (χ3n) is 1.71. The molecule has 0 bridgehead atoms. The summed E-state index contributed by atoms with van der Waals surface area (Å²) in [6.07, 6.45) is 4.07. The van der Waals surface area contributed by atoms with Crippen molar-refractivity contribution in [2.75, 3.05) is 0 Å². The van der Waals surface area contributed by atoms with Crippen molar-refractivity contribution in [3.8, 4) is 0 Å². The van der Waals surface area contributed by atoms with Gasteiger partial charge in [-0.3, -0.25) is 0 Å². The molecule has 0 aromatic heterocycles. The SMILES string of the molecule is CC[C@H](C)NC1CC1. The molecule has 0 heterocycles. The Morgan fingerprint density at radius 2 is 2.25 bits per heavy atom. The zero-order valence-corrected chi connectivity index (χ0v) is 5.78. The lowest BCUT2D eigenvalue weighted by molar-refractivity contribution is 0.531. The van der Waals surface area contributed by atoms with Gasteiger partial charge < -0.3 is 5.32 Å². The first-order valence-electron chi connectivity index (χ1n) is 3.59. The Kier molecular flexibility index (Phi) is 1.90. The van der Waals surface area contributed by atoms with Gasteiger partial charge in [0.25, 0.3) is 0 Å². The van der Waals surface area contributed by atoms with Gasteiger partial charge in [0.1, 0.15) is 0 Å². The largest absolute Gasteiger partial charge is 0.312 e. The van der Waals surface area contributed by atoms with Crippen molar-refractivity contribution < 1.29 is 0 Å². The van der Waals surface area contributed by atoms with Crippen molar-refractivity contribution >= 4 is 0 Å². The molecule has 1 aliphatic rings. The fourth-order valence-electron chi connectivity index (χ4n) is 0.770. The average Bonchev–Trinajstić information content (AvgIpc) is 2.50.